The van der Waals surface area contributed by atoms with Crippen LogP contribution >= 0.6 is 0 Å². The molecule has 1 aliphatic heterocycles. The van der Waals surface area contributed by atoms with Crippen molar-refractivity contribution in [1.82, 2.24) is 4.90 Å². The van der Waals surface area contributed by atoms with E-state index in [0.717, 1.165) is 12.1 Å². The van der Waals surface area contributed by atoms with Crippen LogP contribution in [0.3, 0.4) is 0 Å². The molecule has 2 N–H and O–H groups in total. The van der Waals surface area contributed by atoms with E-state index in [-0.39, 0.29) is 17.0 Å². The molecule has 0 atom stereocenters. The maximum Gasteiger partial charge on any atom is 0.254 e. The van der Waals surface area contributed by atoms with Gasteiger partial charge in [-0.25, -0.2) is 4.39 Å². The van der Waals surface area contributed by atoms with Crippen LogP contribution in [0.5, 0.6) is 0 Å². The summed E-state index contributed by atoms with van der Waals surface area (Å²) in [5, 5.41) is 0. The first kappa shape index (κ1) is 12.5. The number of morpholine rings is 1. The Morgan fingerprint density at radius 1 is 1.17 bits per heavy atom. The first-order valence-corrected chi connectivity index (χ1v) is 5.55. The summed E-state index contributed by atoms with van der Waals surface area (Å²) in [4.78, 5) is 24.7. The fourth-order valence-corrected chi connectivity index (χ4v) is 1.80. The van der Waals surface area contributed by atoms with Gasteiger partial charge in [-0.3, -0.25) is 9.59 Å². The molecule has 1 aromatic rings. The highest BCUT2D eigenvalue weighted by molar-refractivity contribution is 5.99. The molecule has 96 valence electrons. The van der Waals surface area contributed by atoms with E-state index in [1.165, 1.54) is 6.07 Å². The molecule has 18 heavy (non-hydrogen) atoms. The lowest BCUT2D eigenvalue weighted by Gasteiger charge is -2.26. The van der Waals surface area contributed by atoms with Crippen molar-refractivity contribution in [1.29, 1.82) is 0 Å². The van der Waals surface area contributed by atoms with Crippen molar-refractivity contribution >= 4 is 11.8 Å². The average molecular weight is 252 g/mol. The quantitative estimate of drug-likeness (QED) is 0.827. The minimum atomic E-state index is -0.759. The summed E-state index contributed by atoms with van der Waals surface area (Å²) >= 11 is 0. The van der Waals surface area contributed by atoms with Gasteiger partial charge in [-0.1, -0.05) is 0 Å². The van der Waals surface area contributed by atoms with Crippen LogP contribution in [0.4, 0.5) is 4.39 Å². The molecular weight excluding hydrogens is 239 g/mol. The second-order valence-electron chi connectivity index (χ2n) is 4.00. The van der Waals surface area contributed by atoms with Gasteiger partial charge < -0.3 is 15.4 Å². The van der Waals surface area contributed by atoms with Crippen molar-refractivity contribution in [3.63, 3.8) is 0 Å². The average Bonchev–Trinajstić information content (AvgIpc) is 2.38. The molecule has 0 bridgehead atoms. The fraction of sp³-hybridized carbons (Fsp3) is 0.333. The smallest absolute Gasteiger partial charge is 0.254 e. The summed E-state index contributed by atoms with van der Waals surface area (Å²) in [6.45, 7) is 1.84. The predicted octanol–water partition coefficient (Wildman–Crippen LogP) is 0.397. The van der Waals surface area contributed by atoms with Crippen molar-refractivity contribution < 1.29 is 18.7 Å². The van der Waals surface area contributed by atoms with E-state index in [0.29, 0.717) is 26.3 Å². The third kappa shape index (κ3) is 2.65. The van der Waals surface area contributed by atoms with E-state index in [2.05, 4.69) is 0 Å². The molecular formula is C12H13FN2O3. The number of halogens is 1. The normalized spacial score (nSPS) is 15.5. The highest BCUT2D eigenvalue weighted by Crippen LogP contribution is 2.12. The van der Waals surface area contributed by atoms with E-state index < -0.39 is 11.7 Å². The monoisotopic (exact) mass is 252 g/mol. The minimum Gasteiger partial charge on any atom is -0.378 e. The summed E-state index contributed by atoms with van der Waals surface area (Å²) in [7, 11) is 0. The molecule has 1 aromatic carbocycles. The molecule has 0 aromatic heterocycles. The fourth-order valence-electron chi connectivity index (χ4n) is 1.80. The zero-order chi connectivity index (χ0) is 13.1. The second kappa shape index (κ2) is 5.14. The highest BCUT2D eigenvalue weighted by Gasteiger charge is 2.20. The van der Waals surface area contributed by atoms with Crippen LogP contribution in [0, 0.1) is 5.82 Å². The summed E-state index contributed by atoms with van der Waals surface area (Å²) in [6, 6.07) is 3.42. The Morgan fingerprint density at radius 2 is 1.78 bits per heavy atom. The molecule has 0 aliphatic carbocycles. The molecule has 1 heterocycles. The first-order chi connectivity index (χ1) is 8.58. The molecule has 0 saturated carbocycles. The van der Waals surface area contributed by atoms with Gasteiger partial charge in [0.2, 0.25) is 5.91 Å². The second-order valence-corrected chi connectivity index (χ2v) is 4.00. The summed E-state index contributed by atoms with van der Waals surface area (Å²) in [5.41, 5.74) is 5.20. The summed E-state index contributed by atoms with van der Waals surface area (Å²) < 4.78 is 18.4. The number of hydrogen-bond acceptors (Lipinski definition) is 3. The number of benzene rings is 1. The third-order valence-electron chi connectivity index (χ3n) is 2.73. The lowest BCUT2D eigenvalue weighted by Crippen LogP contribution is -2.40. The molecule has 5 nitrogen and oxygen atoms in total. The van der Waals surface area contributed by atoms with Gasteiger partial charge >= 0.3 is 0 Å². The van der Waals surface area contributed by atoms with Gasteiger partial charge in [0.05, 0.1) is 13.2 Å². The first-order valence-electron chi connectivity index (χ1n) is 5.55. The molecule has 0 spiro atoms. The molecule has 1 fully saturated rings. The molecule has 2 rings (SSSR count). The maximum atomic E-state index is 13.3. The number of carbonyl (C=O) groups excluding carboxylic acids is 2. The maximum absolute atomic E-state index is 13.3. The van der Waals surface area contributed by atoms with E-state index in [1.807, 2.05) is 0 Å². The number of hydrogen-bond donors (Lipinski definition) is 1. The number of nitrogens with zero attached hydrogens (tertiary/aromatic N) is 1. The van der Waals surface area contributed by atoms with Crippen LogP contribution in [-0.2, 0) is 4.74 Å². The van der Waals surface area contributed by atoms with Crippen LogP contribution < -0.4 is 5.73 Å². The Balaban J connectivity index is 2.26. The van der Waals surface area contributed by atoms with Crippen LogP contribution in [0.25, 0.3) is 0 Å². The van der Waals surface area contributed by atoms with Gasteiger partial charge in [0.15, 0.2) is 0 Å². The summed E-state index contributed by atoms with van der Waals surface area (Å²) in [5.74, 6) is -1.73. The lowest BCUT2D eigenvalue weighted by molar-refractivity contribution is 0.0302. The van der Waals surface area contributed by atoms with Crippen LogP contribution in [0.1, 0.15) is 20.7 Å². The predicted molar refractivity (Wildman–Crippen MR) is 61.6 cm³/mol. The number of nitrogens with two attached hydrogens (primary N) is 1. The topological polar surface area (TPSA) is 72.6 Å². The largest absolute Gasteiger partial charge is 0.378 e. The molecule has 1 aliphatic rings. The molecule has 6 heteroatoms. The van der Waals surface area contributed by atoms with Crippen molar-refractivity contribution in [3.8, 4) is 0 Å². The number of carbonyl (C=O) groups is 2. The van der Waals surface area contributed by atoms with Gasteiger partial charge in [-0.05, 0) is 18.2 Å². The van der Waals surface area contributed by atoms with Crippen LogP contribution in [0.15, 0.2) is 18.2 Å². The van der Waals surface area contributed by atoms with Crippen molar-refractivity contribution in [2.24, 2.45) is 5.73 Å². The van der Waals surface area contributed by atoms with E-state index >= 15 is 0 Å². The molecule has 1 saturated heterocycles. The minimum absolute atomic E-state index is 0.00777. The van der Waals surface area contributed by atoms with Crippen molar-refractivity contribution in [2.45, 2.75) is 0 Å². The molecule has 2 amide bonds. The van der Waals surface area contributed by atoms with Gasteiger partial charge in [-0.15, -0.1) is 0 Å². The van der Waals surface area contributed by atoms with E-state index in [4.69, 9.17) is 10.5 Å². The number of amides is 2. The lowest BCUT2D eigenvalue weighted by atomic mass is 10.1. The number of primary amides is 1. The standard InChI is InChI=1S/C12H13FN2O3/c13-10-6-8(11(14)16)5-9(7-10)12(17)15-1-3-18-4-2-15/h5-7H,1-4H2,(H2,14,16). The van der Waals surface area contributed by atoms with Crippen molar-refractivity contribution in [3.05, 3.63) is 35.1 Å². The zero-order valence-electron chi connectivity index (χ0n) is 9.69. The van der Waals surface area contributed by atoms with Gasteiger partial charge in [0, 0.05) is 24.2 Å². The Kier molecular flexibility index (Phi) is 3.57. The van der Waals surface area contributed by atoms with Crippen molar-refractivity contribution in [2.75, 3.05) is 26.3 Å². The summed E-state index contributed by atoms with van der Waals surface area (Å²) in [6.07, 6.45) is 0. The van der Waals surface area contributed by atoms with E-state index in [1.54, 1.807) is 4.90 Å². The molecule has 0 radical (unpaired) electrons. The number of rotatable bonds is 2. The number of ether oxygens (including phenoxy) is 1. The zero-order valence-corrected chi connectivity index (χ0v) is 9.69. The van der Waals surface area contributed by atoms with Crippen LogP contribution in [-0.4, -0.2) is 43.0 Å². The highest BCUT2D eigenvalue weighted by atomic mass is 19.1. The third-order valence-corrected chi connectivity index (χ3v) is 2.73. The van der Waals surface area contributed by atoms with Gasteiger partial charge in [-0.2, -0.15) is 0 Å². The Hall–Kier alpha value is -1.95. The van der Waals surface area contributed by atoms with E-state index in [9.17, 15) is 14.0 Å². The Morgan fingerprint density at radius 3 is 2.39 bits per heavy atom. The van der Waals surface area contributed by atoms with Gasteiger partial charge in [0.25, 0.3) is 5.91 Å². The Bertz CT molecular complexity index is 484. The SMILES string of the molecule is NC(=O)c1cc(F)cc(C(=O)N2CCOCC2)c1. The molecule has 0 unspecified atom stereocenters. The van der Waals surface area contributed by atoms with Crippen LogP contribution in [0.2, 0.25) is 0 Å². The Labute approximate surface area is 103 Å². The van der Waals surface area contributed by atoms with Gasteiger partial charge in [0.1, 0.15) is 5.82 Å².